The molecule has 1 saturated carbocycles. The number of aliphatic hydroxyl groups excluding tert-OH is 1. The van der Waals surface area contributed by atoms with Crippen molar-refractivity contribution >= 4 is 17.7 Å². The van der Waals surface area contributed by atoms with E-state index in [2.05, 4.69) is 5.32 Å². The van der Waals surface area contributed by atoms with Crippen molar-refractivity contribution in [1.29, 1.82) is 0 Å². The molecular formula is C20H25N3O4. The molecule has 4 rings (SSSR count). The minimum atomic E-state index is -0.590. The first-order valence-electron chi connectivity index (χ1n) is 9.62. The molecule has 1 aliphatic carbocycles. The van der Waals surface area contributed by atoms with Crippen LogP contribution in [0.15, 0.2) is 18.2 Å². The lowest BCUT2D eigenvalue weighted by atomic mass is 9.79. The molecule has 1 saturated heterocycles. The van der Waals surface area contributed by atoms with E-state index in [-0.39, 0.29) is 36.3 Å². The second-order valence-corrected chi connectivity index (χ2v) is 7.99. The second kappa shape index (κ2) is 7.05. The molecule has 0 aromatic heterocycles. The van der Waals surface area contributed by atoms with E-state index in [0.717, 1.165) is 30.4 Å². The van der Waals surface area contributed by atoms with Gasteiger partial charge in [0.25, 0.3) is 5.91 Å². The van der Waals surface area contributed by atoms with Crippen molar-refractivity contribution in [2.45, 2.75) is 63.3 Å². The number of aliphatic hydroxyl groups is 1. The van der Waals surface area contributed by atoms with E-state index >= 15 is 0 Å². The quantitative estimate of drug-likeness (QED) is 0.669. The molecule has 2 fully saturated rings. The number of fused-ring (bicyclic) bond motifs is 1. The van der Waals surface area contributed by atoms with Crippen LogP contribution in [0.2, 0.25) is 0 Å². The predicted molar refractivity (Wildman–Crippen MR) is 97.5 cm³/mol. The number of piperidine rings is 1. The Morgan fingerprint density at radius 2 is 2.00 bits per heavy atom. The van der Waals surface area contributed by atoms with E-state index in [9.17, 15) is 19.5 Å². The normalized spacial score (nSPS) is 31.0. The number of rotatable bonds is 3. The van der Waals surface area contributed by atoms with Crippen LogP contribution >= 0.6 is 0 Å². The maximum absolute atomic E-state index is 12.7. The van der Waals surface area contributed by atoms with E-state index in [1.807, 2.05) is 18.2 Å². The summed E-state index contributed by atoms with van der Waals surface area (Å²) in [6.45, 7) is 0.383. The monoisotopic (exact) mass is 371 g/mol. The summed E-state index contributed by atoms with van der Waals surface area (Å²) in [6.07, 6.45) is 3.41. The summed E-state index contributed by atoms with van der Waals surface area (Å²) in [5.41, 5.74) is 8.85. The SMILES string of the molecule is N[C@H]1CC[C@H](O)C[C@@H]1Cc1ccc2c(c1)CN(C1CCC(=O)NC1=O)C2=O. The molecule has 0 radical (unpaired) electrons. The van der Waals surface area contributed by atoms with Crippen LogP contribution < -0.4 is 11.1 Å². The molecule has 4 N–H and O–H groups in total. The molecule has 0 bridgehead atoms. The largest absolute Gasteiger partial charge is 0.393 e. The number of nitrogens with one attached hydrogen (secondary N) is 1. The number of benzene rings is 1. The van der Waals surface area contributed by atoms with Gasteiger partial charge in [-0.05, 0) is 55.2 Å². The molecule has 27 heavy (non-hydrogen) atoms. The van der Waals surface area contributed by atoms with Crippen molar-refractivity contribution in [2.24, 2.45) is 11.7 Å². The lowest BCUT2D eigenvalue weighted by molar-refractivity contribution is -0.136. The number of carbonyl (C=O) groups excluding carboxylic acids is 3. The van der Waals surface area contributed by atoms with Crippen LogP contribution in [0, 0.1) is 5.92 Å². The van der Waals surface area contributed by atoms with Crippen LogP contribution in [0.5, 0.6) is 0 Å². The van der Waals surface area contributed by atoms with E-state index in [4.69, 9.17) is 5.73 Å². The summed E-state index contributed by atoms with van der Waals surface area (Å²) in [6, 6.07) is 5.28. The molecule has 1 aromatic carbocycles. The first-order valence-corrected chi connectivity index (χ1v) is 9.62. The number of nitrogens with zero attached hydrogens (tertiary/aromatic N) is 1. The van der Waals surface area contributed by atoms with Crippen LogP contribution in [-0.2, 0) is 22.6 Å². The lowest BCUT2D eigenvalue weighted by Gasteiger charge is -2.31. The first kappa shape index (κ1) is 18.1. The fourth-order valence-electron chi connectivity index (χ4n) is 4.55. The van der Waals surface area contributed by atoms with E-state index < -0.39 is 11.9 Å². The van der Waals surface area contributed by atoms with Gasteiger partial charge < -0.3 is 15.7 Å². The van der Waals surface area contributed by atoms with Crippen molar-refractivity contribution in [3.05, 3.63) is 34.9 Å². The fraction of sp³-hybridized carbons (Fsp3) is 0.550. The summed E-state index contributed by atoms with van der Waals surface area (Å²) in [5.74, 6) is -0.602. The Labute approximate surface area is 157 Å². The summed E-state index contributed by atoms with van der Waals surface area (Å²) >= 11 is 0. The predicted octanol–water partition coefficient (Wildman–Crippen LogP) is 0.478. The van der Waals surface area contributed by atoms with Gasteiger partial charge in [0.2, 0.25) is 11.8 Å². The molecule has 7 nitrogen and oxygen atoms in total. The third kappa shape index (κ3) is 3.49. The van der Waals surface area contributed by atoms with Crippen LogP contribution in [0.1, 0.15) is 53.6 Å². The molecule has 3 aliphatic rings. The standard InChI is InChI=1S/C20H25N3O4/c21-16-4-2-14(24)9-12(16)7-11-1-3-15-13(8-11)10-23(20(15)27)17-5-6-18(25)22-19(17)26/h1,3,8,12,14,16-17,24H,2,4-7,9-10,21H2,(H,22,25,26)/t12-,14-,16-,17?/m0/s1. The van der Waals surface area contributed by atoms with Gasteiger partial charge in [0, 0.05) is 24.6 Å². The van der Waals surface area contributed by atoms with Crippen LogP contribution in [0.25, 0.3) is 0 Å². The molecule has 0 spiro atoms. The van der Waals surface area contributed by atoms with Crippen molar-refractivity contribution in [1.82, 2.24) is 10.2 Å². The molecule has 2 aliphatic heterocycles. The molecule has 1 unspecified atom stereocenters. The van der Waals surface area contributed by atoms with Crippen molar-refractivity contribution in [3.63, 3.8) is 0 Å². The Morgan fingerprint density at radius 3 is 2.78 bits per heavy atom. The highest BCUT2D eigenvalue weighted by molar-refractivity contribution is 6.05. The molecule has 1 aromatic rings. The Balaban J connectivity index is 1.49. The van der Waals surface area contributed by atoms with Gasteiger partial charge in [-0.15, -0.1) is 0 Å². The molecule has 144 valence electrons. The Hall–Kier alpha value is -2.25. The zero-order chi connectivity index (χ0) is 19.1. The maximum atomic E-state index is 12.7. The van der Waals surface area contributed by atoms with Crippen molar-refractivity contribution < 1.29 is 19.5 Å². The number of hydrogen-bond acceptors (Lipinski definition) is 5. The molecule has 3 amide bonds. The van der Waals surface area contributed by atoms with E-state index in [1.54, 1.807) is 4.90 Å². The number of carbonyl (C=O) groups is 3. The average Bonchev–Trinajstić information content (AvgIpc) is 2.94. The summed E-state index contributed by atoms with van der Waals surface area (Å²) in [4.78, 5) is 37.8. The van der Waals surface area contributed by atoms with Gasteiger partial charge in [-0.25, -0.2) is 0 Å². The summed E-state index contributed by atoms with van der Waals surface area (Å²) < 4.78 is 0. The zero-order valence-corrected chi connectivity index (χ0v) is 15.2. The van der Waals surface area contributed by atoms with Crippen molar-refractivity contribution in [3.8, 4) is 0 Å². The lowest BCUT2D eigenvalue weighted by Crippen LogP contribution is -2.52. The number of hydrogen-bond donors (Lipinski definition) is 3. The highest BCUT2D eigenvalue weighted by Gasteiger charge is 2.39. The summed E-state index contributed by atoms with van der Waals surface area (Å²) in [7, 11) is 0. The van der Waals surface area contributed by atoms with Crippen LogP contribution in [0.3, 0.4) is 0 Å². The Morgan fingerprint density at radius 1 is 1.19 bits per heavy atom. The highest BCUT2D eigenvalue weighted by atomic mass is 16.3. The number of amides is 3. The molecular weight excluding hydrogens is 346 g/mol. The van der Waals surface area contributed by atoms with Crippen molar-refractivity contribution in [2.75, 3.05) is 0 Å². The van der Waals surface area contributed by atoms with Gasteiger partial charge in [-0.2, -0.15) is 0 Å². The van der Waals surface area contributed by atoms with Gasteiger partial charge in [0.05, 0.1) is 6.10 Å². The Bertz CT molecular complexity index is 793. The van der Waals surface area contributed by atoms with Gasteiger partial charge >= 0.3 is 0 Å². The van der Waals surface area contributed by atoms with Crippen LogP contribution in [-0.4, -0.2) is 45.9 Å². The summed E-state index contributed by atoms with van der Waals surface area (Å²) in [5, 5.41) is 12.2. The maximum Gasteiger partial charge on any atom is 0.255 e. The number of imide groups is 1. The number of nitrogens with two attached hydrogens (primary N) is 1. The third-order valence-electron chi connectivity index (χ3n) is 6.10. The Kier molecular flexibility index (Phi) is 4.74. The third-order valence-corrected chi connectivity index (χ3v) is 6.10. The molecule has 2 heterocycles. The van der Waals surface area contributed by atoms with E-state index in [1.165, 1.54) is 0 Å². The van der Waals surface area contributed by atoms with Gasteiger partial charge in [-0.1, -0.05) is 12.1 Å². The topological polar surface area (TPSA) is 113 Å². The van der Waals surface area contributed by atoms with Gasteiger partial charge in [0.15, 0.2) is 0 Å². The minimum Gasteiger partial charge on any atom is -0.393 e. The van der Waals surface area contributed by atoms with Crippen LogP contribution in [0.4, 0.5) is 0 Å². The van der Waals surface area contributed by atoms with E-state index in [0.29, 0.717) is 24.9 Å². The first-order chi connectivity index (χ1) is 12.9. The average molecular weight is 371 g/mol. The second-order valence-electron chi connectivity index (χ2n) is 7.99. The van der Waals surface area contributed by atoms with Gasteiger partial charge in [-0.3, -0.25) is 19.7 Å². The zero-order valence-electron chi connectivity index (χ0n) is 15.2. The molecule has 4 atom stereocenters. The fourth-order valence-corrected chi connectivity index (χ4v) is 4.55. The molecule has 7 heteroatoms. The van der Waals surface area contributed by atoms with Gasteiger partial charge in [0.1, 0.15) is 6.04 Å². The smallest absolute Gasteiger partial charge is 0.255 e. The highest BCUT2D eigenvalue weighted by Crippen LogP contribution is 2.31. The minimum absolute atomic E-state index is 0.0863.